The number of benzene rings is 2. The molecule has 4 aromatic rings. The molecule has 0 radical (unpaired) electrons. The smallest absolute Gasteiger partial charge is 0.255 e. The number of hydrogen-bond donors (Lipinski definition) is 2. The predicted octanol–water partition coefficient (Wildman–Crippen LogP) is 3.91. The Bertz CT molecular complexity index is 1050. The fourth-order valence-electron chi connectivity index (χ4n) is 2.56. The lowest BCUT2D eigenvalue weighted by Crippen LogP contribution is -2.12. The van der Waals surface area contributed by atoms with Crippen LogP contribution >= 0.6 is 0 Å². The molecular weight excluding hydrogens is 342 g/mol. The highest BCUT2D eigenvalue weighted by molar-refractivity contribution is 6.06. The molecule has 0 aliphatic carbocycles. The Balaban J connectivity index is 1.53. The van der Waals surface area contributed by atoms with Gasteiger partial charge in [-0.2, -0.15) is 5.10 Å². The van der Waals surface area contributed by atoms with Crippen molar-refractivity contribution in [2.24, 2.45) is 0 Å². The number of rotatable bonds is 5. The van der Waals surface area contributed by atoms with Crippen molar-refractivity contribution in [3.8, 4) is 22.9 Å². The first-order valence-electron chi connectivity index (χ1n) is 8.24. The van der Waals surface area contributed by atoms with Gasteiger partial charge in [-0.3, -0.25) is 14.9 Å². The van der Waals surface area contributed by atoms with Crippen LogP contribution < -0.4 is 10.1 Å². The number of H-pyrrole nitrogens is 1. The topological polar surface area (TPSA) is 92.8 Å². The van der Waals surface area contributed by atoms with E-state index in [4.69, 9.17) is 4.74 Å². The van der Waals surface area contributed by atoms with Gasteiger partial charge in [-0.1, -0.05) is 36.4 Å². The number of amides is 1. The Morgan fingerprint density at radius 1 is 1.00 bits per heavy atom. The van der Waals surface area contributed by atoms with Crippen molar-refractivity contribution in [1.82, 2.24) is 20.2 Å². The van der Waals surface area contributed by atoms with E-state index in [0.717, 1.165) is 11.3 Å². The zero-order valence-electron chi connectivity index (χ0n) is 14.2. The third kappa shape index (κ3) is 3.82. The maximum atomic E-state index is 12.7. The van der Waals surface area contributed by atoms with Crippen LogP contribution in [-0.2, 0) is 0 Å². The van der Waals surface area contributed by atoms with Crippen molar-refractivity contribution in [2.45, 2.75) is 0 Å². The highest BCUT2D eigenvalue weighted by atomic mass is 16.5. The minimum absolute atomic E-state index is 0.266. The number of nitrogens with one attached hydrogen (secondary N) is 2. The van der Waals surface area contributed by atoms with Gasteiger partial charge in [-0.25, -0.2) is 4.98 Å². The molecule has 7 nitrogen and oxygen atoms in total. The van der Waals surface area contributed by atoms with Crippen molar-refractivity contribution in [1.29, 1.82) is 0 Å². The van der Waals surface area contributed by atoms with Crippen LogP contribution in [0.1, 0.15) is 10.4 Å². The molecule has 1 amide bonds. The van der Waals surface area contributed by atoms with Crippen LogP contribution in [0.25, 0.3) is 11.3 Å². The van der Waals surface area contributed by atoms with Gasteiger partial charge < -0.3 is 10.1 Å². The molecule has 0 saturated heterocycles. The van der Waals surface area contributed by atoms with Crippen LogP contribution in [0, 0.1) is 0 Å². The van der Waals surface area contributed by atoms with Crippen LogP contribution in [0.5, 0.6) is 11.6 Å². The molecule has 0 atom stereocenters. The average molecular weight is 357 g/mol. The maximum Gasteiger partial charge on any atom is 0.255 e. The van der Waals surface area contributed by atoms with E-state index in [1.165, 1.54) is 12.4 Å². The molecule has 0 bridgehead atoms. The number of nitrogens with zero attached hydrogens (tertiary/aromatic N) is 3. The van der Waals surface area contributed by atoms with Gasteiger partial charge in [0.2, 0.25) is 5.88 Å². The normalized spacial score (nSPS) is 10.4. The third-order valence-corrected chi connectivity index (χ3v) is 3.81. The van der Waals surface area contributed by atoms with Crippen LogP contribution in [-0.4, -0.2) is 26.1 Å². The van der Waals surface area contributed by atoms with Crippen molar-refractivity contribution in [3.05, 3.63) is 84.9 Å². The monoisotopic (exact) mass is 357 g/mol. The summed E-state index contributed by atoms with van der Waals surface area (Å²) in [6.45, 7) is 0. The van der Waals surface area contributed by atoms with Crippen LogP contribution in [0.15, 0.2) is 79.4 Å². The van der Waals surface area contributed by atoms with E-state index in [1.807, 2.05) is 30.3 Å². The van der Waals surface area contributed by atoms with Crippen molar-refractivity contribution < 1.29 is 9.53 Å². The molecule has 0 unspecified atom stereocenters. The van der Waals surface area contributed by atoms with Gasteiger partial charge in [0.1, 0.15) is 5.75 Å². The molecule has 2 aromatic heterocycles. The van der Waals surface area contributed by atoms with E-state index in [2.05, 4.69) is 25.5 Å². The first kappa shape index (κ1) is 16.5. The molecule has 4 rings (SSSR count). The second-order valence-electron chi connectivity index (χ2n) is 5.65. The molecule has 0 saturated carbocycles. The fraction of sp³-hybridized carbons (Fsp3) is 0. The standard InChI is InChI=1S/C20H15N5O2/c26-20(24-17-12-23-25-19(17)14-5-2-1-3-6-14)15-7-4-8-16(11-15)27-18-13-21-9-10-22-18/h1-13H,(H,23,25)(H,24,26). The van der Waals surface area contributed by atoms with Crippen molar-refractivity contribution >= 4 is 11.6 Å². The van der Waals surface area contributed by atoms with Crippen LogP contribution in [0.2, 0.25) is 0 Å². The molecule has 0 spiro atoms. The summed E-state index contributed by atoms with van der Waals surface area (Å²) in [5.41, 5.74) is 2.74. The predicted molar refractivity (Wildman–Crippen MR) is 101 cm³/mol. The molecule has 2 aromatic carbocycles. The highest BCUT2D eigenvalue weighted by Gasteiger charge is 2.13. The van der Waals surface area contributed by atoms with Gasteiger partial charge in [0.15, 0.2) is 0 Å². The van der Waals surface area contributed by atoms with E-state index in [-0.39, 0.29) is 5.91 Å². The Labute approximate surface area is 155 Å². The molecule has 27 heavy (non-hydrogen) atoms. The summed E-state index contributed by atoms with van der Waals surface area (Å²) in [5.74, 6) is 0.591. The second kappa shape index (κ2) is 7.49. The first-order chi connectivity index (χ1) is 13.3. The summed E-state index contributed by atoms with van der Waals surface area (Å²) in [5, 5.41) is 9.84. The van der Waals surface area contributed by atoms with Gasteiger partial charge in [0, 0.05) is 23.5 Å². The number of aromatic amines is 1. The molecule has 7 heteroatoms. The summed E-state index contributed by atoms with van der Waals surface area (Å²) in [6, 6.07) is 16.5. The summed E-state index contributed by atoms with van der Waals surface area (Å²) in [6.07, 6.45) is 6.19. The van der Waals surface area contributed by atoms with Crippen molar-refractivity contribution in [3.63, 3.8) is 0 Å². The van der Waals surface area contributed by atoms with E-state index in [9.17, 15) is 4.79 Å². The average Bonchev–Trinajstić information content (AvgIpc) is 3.18. The van der Waals surface area contributed by atoms with Gasteiger partial charge in [0.05, 0.1) is 23.8 Å². The lowest BCUT2D eigenvalue weighted by Gasteiger charge is -2.08. The fourth-order valence-corrected chi connectivity index (χ4v) is 2.56. The maximum absolute atomic E-state index is 12.7. The number of carbonyl (C=O) groups excluding carboxylic acids is 1. The Morgan fingerprint density at radius 3 is 2.70 bits per heavy atom. The molecule has 2 heterocycles. The molecule has 132 valence electrons. The quantitative estimate of drug-likeness (QED) is 0.565. The van der Waals surface area contributed by atoms with E-state index >= 15 is 0 Å². The Morgan fingerprint density at radius 2 is 1.89 bits per heavy atom. The van der Waals surface area contributed by atoms with E-state index < -0.39 is 0 Å². The number of carbonyl (C=O) groups is 1. The first-order valence-corrected chi connectivity index (χ1v) is 8.24. The van der Waals surface area contributed by atoms with Crippen LogP contribution in [0.4, 0.5) is 5.69 Å². The van der Waals surface area contributed by atoms with Gasteiger partial charge in [-0.05, 0) is 18.2 Å². The number of anilines is 1. The Hall–Kier alpha value is -4.00. The number of aromatic nitrogens is 4. The molecule has 2 N–H and O–H groups in total. The van der Waals surface area contributed by atoms with E-state index in [0.29, 0.717) is 22.9 Å². The largest absolute Gasteiger partial charge is 0.437 e. The van der Waals surface area contributed by atoms with Gasteiger partial charge in [-0.15, -0.1) is 0 Å². The molecular formula is C20H15N5O2. The minimum Gasteiger partial charge on any atom is -0.437 e. The Kier molecular flexibility index (Phi) is 4.57. The molecule has 0 aliphatic rings. The lowest BCUT2D eigenvalue weighted by molar-refractivity contribution is 0.102. The SMILES string of the molecule is O=C(Nc1cn[nH]c1-c1ccccc1)c1cccc(Oc2cnccn2)c1. The highest BCUT2D eigenvalue weighted by Crippen LogP contribution is 2.26. The zero-order chi connectivity index (χ0) is 18.5. The summed E-state index contributed by atoms with van der Waals surface area (Å²) in [7, 11) is 0. The molecule has 0 fully saturated rings. The second-order valence-corrected chi connectivity index (χ2v) is 5.65. The van der Waals surface area contributed by atoms with E-state index in [1.54, 1.807) is 36.7 Å². The van der Waals surface area contributed by atoms with Crippen molar-refractivity contribution in [2.75, 3.05) is 5.32 Å². The zero-order valence-corrected chi connectivity index (χ0v) is 14.2. The number of hydrogen-bond acceptors (Lipinski definition) is 5. The van der Waals surface area contributed by atoms with Gasteiger partial charge >= 0.3 is 0 Å². The molecule has 0 aliphatic heterocycles. The third-order valence-electron chi connectivity index (χ3n) is 3.81. The lowest BCUT2D eigenvalue weighted by atomic mass is 10.1. The summed E-state index contributed by atoms with van der Waals surface area (Å²) >= 11 is 0. The van der Waals surface area contributed by atoms with Gasteiger partial charge in [0.25, 0.3) is 5.91 Å². The minimum atomic E-state index is -0.266. The number of ether oxygens (including phenoxy) is 1. The van der Waals surface area contributed by atoms with Crippen LogP contribution in [0.3, 0.4) is 0 Å². The summed E-state index contributed by atoms with van der Waals surface area (Å²) < 4.78 is 5.63. The summed E-state index contributed by atoms with van der Waals surface area (Å²) in [4.78, 5) is 20.7.